The highest BCUT2D eigenvalue weighted by molar-refractivity contribution is 8.00. The standard InChI is InChI=1S/C16H16F4N2O3S/c17-7-5-8(18)13(20)15(12(7)19)25-11(23)4-2-1-3-10-14-9(6-26-10)21-16(24)22-14/h5,9-10,14H,1-4,6H2,(H2,21,22,24). The van der Waals surface area contributed by atoms with Crippen molar-refractivity contribution >= 4 is 23.8 Å². The molecule has 2 aliphatic rings. The Kier molecular flexibility index (Phi) is 5.59. The van der Waals surface area contributed by atoms with Crippen molar-refractivity contribution in [3.8, 4) is 5.75 Å². The van der Waals surface area contributed by atoms with Gasteiger partial charge in [0.1, 0.15) is 0 Å². The van der Waals surface area contributed by atoms with E-state index in [0.29, 0.717) is 12.8 Å². The number of hydrogen-bond donors (Lipinski definition) is 2. The van der Waals surface area contributed by atoms with Crippen molar-refractivity contribution < 1.29 is 31.9 Å². The Morgan fingerprint density at radius 3 is 2.54 bits per heavy atom. The van der Waals surface area contributed by atoms with Crippen molar-refractivity contribution in [3.63, 3.8) is 0 Å². The molecule has 142 valence electrons. The number of hydrogen-bond acceptors (Lipinski definition) is 4. The molecule has 3 atom stereocenters. The molecule has 0 spiro atoms. The van der Waals surface area contributed by atoms with Crippen molar-refractivity contribution in [2.24, 2.45) is 0 Å². The minimum Gasteiger partial charge on any atom is -0.420 e. The number of benzene rings is 1. The van der Waals surface area contributed by atoms with Crippen LogP contribution in [0.4, 0.5) is 22.4 Å². The van der Waals surface area contributed by atoms with Crippen LogP contribution in [0.2, 0.25) is 0 Å². The number of amides is 2. The minimum atomic E-state index is -1.74. The second-order valence-electron chi connectivity index (χ2n) is 6.14. The van der Waals surface area contributed by atoms with Crippen LogP contribution in [0.5, 0.6) is 5.75 Å². The maximum atomic E-state index is 13.4. The van der Waals surface area contributed by atoms with E-state index in [4.69, 9.17) is 0 Å². The fraction of sp³-hybridized carbons (Fsp3) is 0.500. The number of carbonyl (C=O) groups is 2. The predicted molar refractivity (Wildman–Crippen MR) is 85.9 cm³/mol. The molecule has 2 fully saturated rings. The molecule has 2 saturated heterocycles. The lowest BCUT2D eigenvalue weighted by Gasteiger charge is -2.16. The number of urea groups is 1. The van der Waals surface area contributed by atoms with Crippen molar-refractivity contribution in [2.75, 3.05) is 5.75 Å². The fourth-order valence-corrected chi connectivity index (χ4v) is 4.61. The number of ether oxygens (including phenoxy) is 1. The number of thioether (sulfide) groups is 1. The van der Waals surface area contributed by atoms with E-state index in [0.717, 1.165) is 12.2 Å². The molecule has 3 unspecified atom stereocenters. The van der Waals surface area contributed by atoms with Gasteiger partial charge in [0.2, 0.25) is 17.4 Å². The molecule has 10 heteroatoms. The van der Waals surface area contributed by atoms with Gasteiger partial charge in [0, 0.05) is 23.5 Å². The number of unbranched alkanes of at least 4 members (excludes halogenated alkanes) is 1. The summed E-state index contributed by atoms with van der Waals surface area (Å²) in [6.45, 7) is 0. The molecule has 1 aromatic rings. The summed E-state index contributed by atoms with van der Waals surface area (Å²) in [5.74, 6) is -8.26. The second-order valence-corrected chi connectivity index (χ2v) is 7.41. The van der Waals surface area contributed by atoms with Gasteiger partial charge in [-0.2, -0.15) is 20.5 Å². The lowest BCUT2D eigenvalue weighted by atomic mass is 10.0. The highest BCUT2D eigenvalue weighted by atomic mass is 32.2. The van der Waals surface area contributed by atoms with E-state index in [1.807, 2.05) is 0 Å². The summed E-state index contributed by atoms with van der Waals surface area (Å²) in [4.78, 5) is 23.0. The summed E-state index contributed by atoms with van der Waals surface area (Å²) in [6.07, 6.45) is 1.62. The summed E-state index contributed by atoms with van der Waals surface area (Å²) >= 11 is 1.73. The van der Waals surface area contributed by atoms with Gasteiger partial charge in [0.25, 0.3) is 0 Å². The maximum Gasteiger partial charge on any atom is 0.315 e. The zero-order chi connectivity index (χ0) is 18.8. The first-order valence-electron chi connectivity index (χ1n) is 8.09. The predicted octanol–water partition coefficient (Wildman–Crippen LogP) is 2.87. The van der Waals surface area contributed by atoms with Gasteiger partial charge in [0.05, 0.1) is 12.1 Å². The van der Waals surface area contributed by atoms with Crippen LogP contribution in [0.25, 0.3) is 0 Å². The molecule has 0 saturated carbocycles. The van der Waals surface area contributed by atoms with Crippen molar-refractivity contribution in [1.29, 1.82) is 0 Å². The average molecular weight is 392 g/mol. The monoisotopic (exact) mass is 392 g/mol. The molecule has 0 radical (unpaired) electrons. The summed E-state index contributed by atoms with van der Waals surface area (Å²) in [6, 6.07) is 0.0278. The van der Waals surface area contributed by atoms with Crippen molar-refractivity contribution in [1.82, 2.24) is 10.6 Å². The molecule has 2 N–H and O–H groups in total. The fourth-order valence-electron chi connectivity index (χ4n) is 3.06. The van der Waals surface area contributed by atoms with Crippen LogP contribution in [-0.4, -0.2) is 35.1 Å². The summed E-state index contributed by atoms with van der Waals surface area (Å²) in [5, 5.41) is 5.90. The number of fused-ring (bicyclic) bond motifs is 1. The molecular weight excluding hydrogens is 376 g/mol. The van der Waals surface area contributed by atoms with E-state index in [9.17, 15) is 27.2 Å². The van der Waals surface area contributed by atoms with Gasteiger partial charge < -0.3 is 15.4 Å². The van der Waals surface area contributed by atoms with E-state index in [2.05, 4.69) is 15.4 Å². The Morgan fingerprint density at radius 2 is 1.85 bits per heavy atom. The van der Waals surface area contributed by atoms with Crippen molar-refractivity contribution in [3.05, 3.63) is 29.3 Å². The molecule has 0 aromatic heterocycles. The molecule has 0 aliphatic carbocycles. The first-order chi connectivity index (χ1) is 12.4. The second kappa shape index (κ2) is 7.73. The highest BCUT2D eigenvalue weighted by Crippen LogP contribution is 2.33. The SMILES string of the molecule is O=C1NC2CSC(CCCCC(=O)Oc3c(F)c(F)cc(F)c3F)C2N1. The Hall–Kier alpha value is -1.97. The normalized spacial score (nSPS) is 24.2. The van der Waals surface area contributed by atoms with Crippen LogP contribution in [0.3, 0.4) is 0 Å². The highest BCUT2D eigenvalue weighted by Gasteiger charge is 2.42. The molecule has 1 aromatic carbocycles. The Bertz CT molecular complexity index is 708. The van der Waals surface area contributed by atoms with Crippen LogP contribution in [0.15, 0.2) is 6.07 Å². The molecule has 2 heterocycles. The maximum absolute atomic E-state index is 13.4. The van der Waals surface area contributed by atoms with Gasteiger partial charge >= 0.3 is 12.0 Å². The lowest BCUT2D eigenvalue weighted by molar-refractivity contribution is -0.135. The molecule has 2 amide bonds. The largest absolute Gasteiger partial charge is 0.420 e. The van der Waals surface area contributed by atoms with E-state index in [-0.39, 0.29) is 35.9 Å². The number of rotatable bonds is 6. The third-order valence-corrected chi connectivity index (χ3v) is 5.85. The van der Waals surface area contributed by atoms with Crippen molar-refractivity contribution in [2.45, 2.75) is 43.0 Å². The zero-order valence-corrected chi connectivity index (χ0v) is 14.3. The zero-order valence-electron chi connectivity index (χ0n) is 13.5. The van der Waals surface area contributed by atoms with Gasteiger partial charge in [-0.3, -0.25) is 4.79 Å². The molecular formula is C16H16F4N2O3S. The summed E-state index contributed by atoms with van der Waals surface area (Å²) < 4.78 is 57.5. The average Bonchev–Trinajstić information content (AvgIpc) is 3.13. The summed E-state index contributed by atoms with van der Waals surface area (Å²) in [5.41, 5.74) is 0. The molecule has 2 aliphatic heterocycles. The number of nitrogens with one attached hydrogen (secondary N) is 2. The van der Waals surface area contributed by atoms with E-state index < -0.39 is 35.0 Å². The molecule has 0 bridgehead atoms. The summed E-state index contributed by atoms with van der Waals surface area (Å²) in [7, 11) is 0. The smallest absolute Gasteiger partial charge is 0.315 e. The van der Waals surface area contributed by atoms with Gasteiger partial charge in [-0.1, -0.05) is 6.42 Å². The van der Waals surface area contributed by atoms with Crippen LogP contribution < -0.4 is 15.4 Å². The molecule has 3 rings (SSSR count). The van der Waals surface area contributed by atoms with Crippen LogP contribution >= 0.6 is 11.8 Å². The third-order valence-electron chi connectivity index (χ3n) is 4.35. The minimum absolute atomic E-state index is 0.0468. The van der Waals surface area contributed by atoms with Crippen LogP contribution in [0.1, 0.15) is 25.7 Å². The first-order valence-corrected chi connectivity index (χ1v) is 9.14. The number of carbonyl (C=O) groups excluding carboxylic acids is 2. The molecule has 26 heavy (non-hydrogen) atoms. The van der Waals surface area contributed by atoms with Crippen LogP contribution in [0, 0.1) is 23.3 Å². The third kappa shape index (κ3) is 3.89. The van der Waals surface area contributed by atoms with Gasteiger partial charge in [-0.15, -0.1) is 0 Å². The first kappa shape index (κ1) is 18.8. The van der Waals surface area contributed by atoms with E-state index >= 15 is 0 Å². The lowest BCUT2D eigenvalue weighted by Crippen LogP contribution is -2.36. The Labute approximate surface area is 150 Å². The van der Waals surface area contributed by atoms with Gasteiger partial charge in [-0.25, -0.2) is 13.6 Å². The quantitative estimate of drug-likeness (QED) is 0.195. The van der Waals surface area contributed by atoms with Crippen LogP contribution in [-0.2, 0) is 4.79 Å². The van der Waals surface area contributed by atoms with E-state index in [1.165, 1.54) is 0 Å². The topological polar surface area (TPSA) is 67.4 Å². The van der Waals surface area contributed by atoms with Gasteiger partial charge in [-0.05, 0) is 12.8 Å². The number of esters is 1. The molecule has 5 nitrogen and oxygen atoms in total. The van der Waals surface area contributed by atoms with Gasteiger partial charge in [0.15, 0.2) is 11.6 Å². The Balaban J connectivity index is 1.45. The Morgan fingerprint density at radius 1 is 1.15 bits per heavy atom. The number of halogens is 4. The van der Waals surface area contributed by atoms with E-state index in [1.54, 1.807) is 11.8 Å².